The number of rotatable bonds is 4. The molecule has 1 aliphatic carbocycles. The molecule has 124 valence electrons. The van der Waals surface area contributed by atoms with Crippen LogP contribution >= 0.6 is 0 Å². The first-order valence-electron chi connectivity index (χ1n) is 8.13. The van der Waals surface area contributed by atoms with Gasteiger partial charge in [-0.25, -0.2) is 4.79 Å². The van der Waals surface area contributed by atoms with Crippen LogP contribution < -0.4 is 5.32 Å². The number of hydrogen-bond acceptors (Lipinski definition) is 3. The van der Waals surface area contributed by atoms with Crippen LogP contribution in [0.2, 0.25) is 0 Å². The lowest BCUT2D eigenvalue weighted by atomic mass is 9.64. The topological polar surface area (TPSA) is 55.4 Å². The van der Waals surface area contributed by atoms with E-state index in [-0.39, 0.29) is 5.91 Å². The Kier molecular flexibility index (Phi) is 4.38. The number of amides is 1. The summed E-state index contributed by atoms with van der Waals surface area (Å²) >= 11 is 0. The van der Waals surface area contributed by atoms with Crippen LogP contribution in [-0.4, -0.2) is 19.0 Å². The molecule has 0 aromatic heterocycles. The molecule has 2 aromatic rings. The summed E-state index contributed by atoms with van der Waals surface area (Å²) in [6.07, 6.45) is 2.74. The molecule has 0 bridgehead atoms. The highest BCUT2D eigenvalue weighted by atomic mass is 16.5. The molecule has 4 heteroatoms. The van der Waals surface area contributed by atoms with Crippen molar-refractivity contribution in [1.29, 1.82) is 0 Å². The van der Waals surface area contributed by atoms with E-state index in [4.69, 9.17) is 4.74 Å². The summed E-state index contributed by atoms with van der Waals surface area (Å²) in [7, 11) is 1.35. The zero-order valence-electron chi connectivity index (χ0n) is 14.0. The minimum atomic E-state index is -0.463. The number of aryl methyl sites for hydroxylation is 1. The van der Waals surface area contributed by atoms with Crippen LogP contribution in [-0.2, 0) is 14.9 Å². The van der Waals surface area contributed by atoms with Crippen molar-refractivity contribution in [2.45, 2.75) is 31.6 Å². The van der Waals surface area contributed by atoms with Crippen LogP contribution in [0.15, 0.2) is 48.5 Å². The smallest absolute Gasteiger partial charge is 0.337 e. The molecular formula is C20H21NO3. The van der Waals surface area contributed by atoms with E-state index in [0.717, 1.165) is 30.4 Å². The largest absolute Gasteiger partial charge is 0.465 e. The zero-order valence-corrected chi connectivity index (χ0v) is 14.0. The summed E-state index contributed by atoms with van der Waals surface area (Å²) in [5.74, 6) is -0.419. The molecule has 0 unspecified atom stereocenters. The fraction of sp³-hybridized carbons (Fsp3) is 0.300. The maximum absolute atomic E-state index is 13.0. The molecule has 2 aromatic carbocycles. The van der Waals surface area contributed by atoms with E-state index < -0.39 is 11.4 Å². The molecule has 3 rings (SSSR count). The van der Waals surface area contributed by atoms with Crippen molar-refractivity contribution < 1.29 is 14.3 Å². The maximum atomic E-state index is 13.0. The Hall–Kier alpha value is -2.62. The quantitative estimate of drug-likeness (QED) is 0.870. The highest BCUT2D eigenvalue weighted by molar-refractivity contribution is 6.01. The Labute approximate surface area is 141 Å². The minimum absolute atomic E-state index is 0.00920. The van der Waals surface area contributed by atoms with Crippen molar-refractivity contribution in [2.75, 3.05) is 12.4 Å². The van der Waals surface area contributed by atoms with Gasteiger partial charge in [-0.1, -0.05) is 42.8 Å². The molecule has 1 aliphatic rings. The fourth-order valence-corrected chi connectivity index (χ4v) is 3.18. The highest BCUT2D eigenvalue weighted by Crippen LogP contribution is 2.44. The van der Waals surface area contributed by atoms with Crippen LogP contribution in [0.4, 0.5) is 5.69 Å². The lowest BCUT2D eigenvalue weighted by Crippen LogP contribution is -2.46. The number of ether oxygens (including phenoxy) is 1. The van der Waals surface area contributed by atoms with Gasteiger partial charge in [-0.15, -0.1) is 0 Å². The minimum Gasteiger partial charge on any atom is -0.465 e. The number of hydrogen-bond donors (Lipinski definition) is 1. The van der Waals surface area contributed by atoms with E-state index in [1.165, 1.54) is 7.11 Å². The lowest BCUT2D eigenvalue weighted by Gasteiger charge is -2.40. The first-order valence-corrected chi connectivity index (χ1v) is 8.13. The highest BCUT2D eigenvalue weighted by Gasteiger charge is 2.45. The van der Waals surface area contributed by atoms with Gasteiger partial charge in [-0.2, -0.15) is 0 Å². The summed E-state index contributed by atoms with van der Waals surface area (Å²) in [4.78, 5) is 24.7. The van der Waals surface area contributed by atoms with Gasteiger partial charge in [0.2, 0.25) is 5.91 Å². The average Bonchev–Trinajstić information content (AvgIpc) is 2.56. The van der Waals surface area contributed by atoms with E-state index in [2.05, 4.69) is 5.32 Å². The first kappa shape index (κ1) is 16.2. The molecule has 1 amide bonds. The Bertz CT molecular complexity index is 764. The number of carbonyl (C=O) groups is 2. The molecule has 4 nitrogen and oxygen atoms in total. The van der Waals surface area contributed by atoms with Crippen molar-refractivity contribution in [3.8, 4) is 0 Å². The van der Waals surface area contributed by atoms with Gasteiger partial charge < -0.3 is 10.1 Å². The van der Waals surface area contributed by atoms with Crippen LogP contribution in [0.5, 0.6) is 0 Å². The summed E-state index contributed by atoms with van der Waals surface area (Å²) in [5.41, 5.74) is 2.59. The number of esters is 1. The summed E-state index contributed by atoms with van der Waals surface area (Å²) < 4.78 is 4.75. The predicted molar refractivity (Wildman–Crippen MR) is 93.1 cm³/mol. The molecule has 24 heavy (non-hydrogen) atoms. The molecule has 0 radical (unpaired) electrons. The lowest BCUT2D eigenvalue weighted by molar-refractivity contribution is -0.124. The monoisotopic (exact) mass is 323 g/mol. The Balaban J connectivity index is 1.88. The van der Waals surface area contributed by atoms with E-state index in [1.54, 1.807) is 12.1 Å². The van der Waals surface area contributed by atoms with Gasteiger partial charge in [0.1, 0.15) is 0 Å². The normalized spacial score (nSPS) is 15.2. The van der Waals surface area contributed by atoms with Crippen LogP contribution in [0.3, 0.4) is 0 Å². The number of carbonyl (C=O) groups excluding carboxylic acids is 2. The van der Waals surface area contributed by atoms with E-state index >= 15 is 0 Å². The van der Waals surface area contributed by atoms with E-state index in [0.29, 0.717) is 11.3 Å². The Morgan fingerprint density at radius 1 is 1.08 bits per heavy atom. The summed E-state index contributed by atoms with van der Waals surface area (Å²) in [5, 5.41) is 3.02. The van der Waals surface area contributed by atoms with Gasteiger partial charge in [0.05, 0.1) is 18.1 Å². The van der Waals surface area contributed by atoms with Gasteiger partial charge in [-0.3, -0.25) is 4.79 Å². The van der Waals surface area contributed by atoms with Gasteiger partial charge in [0.25, 0.3) is 0 Å². The fourth-order valence-electron chi connectivity index (χ4n) is 3.18. The molecule has 0 saturated heterocycles. The molecular weight excluding hydrogens is 302 g/mol. The third kappa shape index (κ3) is 2.80. The molecule has 0 heterocycles. The SMILES string of the molecule is COC(=O)c1ccc(C)c(NC(=O)C2(c3ccccc3)CCC2)c1. The summed E-state index contributed by atoms with van der Waals surface area (Å²) in [6, 6.07) is 15.1. The average molecular weight is 323 g/mol. The van der Waals surface area contributed by atoms with Crippen LogP contribution in [0, 0.1) is 6.92 Å². The number of methoxy groups -OCH3 is 1. The molecule has 0 aliphatic heterocycles. The third-order valence-electron chi connectivity index (χ3n) is 4.87. The number of nitrogens with one attached hydrogen (secondary N) is 1. The van der Waals surface area contributed by atoms with E-state index in [9.17, 15) is 9.59 Å². The van der Waals surface area contributed by atoms with Crippen molar-refractivity contribution in [1.82, 2.24) is 0 Å². The molecule has 1 saturated carbocycles. The van der Waals surface area contributed by atoms with Gasteiger partial charge in [-0.05, 0) is 43.0 Å². The van der Waals surface area contributed by atoms with Crippen LogP contribution in [0.25, 0.3) is 0 Å². The molecule has 0 atom stereocenters. The van der Waals surface area contributed by atoms with Crippen molar-refractivity contribution >= 4 is 17.6 Å². The Morgan fingerprint density at radius 2 is 1.79 bits per heavy atom. The van der Waals surface area contributed by atoms with Crippen molar-refractivity contribution in [2.24, 2.45) is 0 Å². The van der Waals surface area contributed by atoms with Gasteiger partial charge in [0, 0.05) is 5.69 Å². The first-order chi connectivity index (χ1) is 11.6. The molecule has 1 N–H and O–H groups in total. The van der Waals surface area contributed by atoms with Crippen molar-refractivity contribution in [3.63, 3.8) is 0 Å². The Morgan fingerprint density at radius 3 is 2.38 bits per heavy atom. The molecule has 1 fully saturated rings. The van der Waals surface area contributed by atoms with Gasteiger partial charge in [0.15, 0.2) is 0 Å². The van der Waals surface area contributed by atoms with Gasteiger partial charge >= 0.3 is 5.97 Å². The predicted octanol–water partition coefficient (Wildman–Crippen LogP) is 3.84. The second kappa shape index (κ2) is 6.48. The summed E-state index contributed by atoms with van der Waals surface area (Å²) in [6.45, 7) is 1.91. The number of benzene rings is 2. The number of anilines is 1. The molecule has 0 spiro atoms. The third-order valence-corrected chi connectivity index (χ3v) is 4.87. The second-order valence-electron chi connectivity index (χ2n) is 6.28. The standard InChI is InChI=1S/C20H21NO3/c1-14-9-10-15(18(22)24-2)13-17(14)21-19(23)20(11-6-12-20)16-7-4-3-5-8-16/h3-5,7-10,13H,6,11-12H2,1-2H3,(H,21,23). The maximum Gasteiger partial charge on any atom is 0.337 e. The van der Waals surface area contributed by atoms with Crippen molar-refractivity contribution in [3.05, 3.63) is 65.2 Å². The van der Waals surface area contributed by atoms with E-state index in [1.807, 2.05) is 43.3 Å². The van der Waals surface area contributed by atoms with Crippen LogP contribution in [0.1, 0.15) is 40.7 Å². The zero-order chi connectivity index (χ0) is 17.2. The second-order valence-corrected chi connectivity index (χ2v) is 6.28.